The third-order valence-corrected chi connectivity index (χ3v) is 4.20. The Morgan fingerprint density at radius 3 is 1.92 bits per heavy atom. The molecule has 0 unspecified atom stereocenters. The van der Waals surface area contributed by atoms with E-state index >= 15 is 0 Å². The van der Waals surface area contributed by atoms with Gasteiger partial charge in [0.15, 0.2) is 23.3 Å². The molecular formula is C17H19F6NS. The average molecular weight is 383 g/mol. The summed E-state index contributed by atoms with van der Waals surface area (Å²) < 4.78 is 76.7. The first-order chi connectivity index (χ1) is 11.8. The molecule has 1 heterocycles. The SMILES string of the molecule is C=CF.CC.CCN1C(C)=C(/C=C/F)Sc2c(F)c(F)c(F)c(F)c21. The molecule has 140 valence electrons. The Balaban J connectivity index is 0.00000104. The zero-order valence-corrected chi connectivity index (χ0v) is 15.1. The topological polar surface area (TPSA) is 3.24 Å². The molecule has 25 heavy (non-hydrogen) atoms. The molecule has 0 bridgehead atoms. The van der Waals surface area contributed by atoms with Gasteiger partial charge in [0.25, 0.3) is 0 Å². The summed E-state index contributed by atoms with van der Waals surface area (Å²) in [5.74, 6) is -6.64. The van der Waals surface area contributed by atoms with Crippen molar-refractivity contribution in [1.29, 1.82) is 0 Å². The number of benzene rings is 1. The zero-order chi connectivity index (χ0) is 19.7. The second-order valence-electron chi connectivity index (χ2n) is 4.18. The van der Waals surface area contributed by atoms with E-state index < -0.39 is 23.3 Å². The van der Waals surface area contributed by atoms with Gasteiger partial charge in [0.1, 0.15) is 0 Å². The van der Waals surface area contributed by atoms with Crippen LogP contribution in [0.3, 0.4) is 0 Å². The van der Waals surface area contributed by atoms with E-state index in [1.165, 1.54) is 4.90 Å². The van der Waals surface area contributed by atoms with Gasteiger partial charge >= 0.3 is 0 Å². The average Bonchev–Trinajstić information content (AvgIpc) is 2.61. The molecule has 0 atom stereocenters. The molecule has 1 aromatic carbocycles. The first-order valence-corrected chi connectivity index (χ1v) is 8.17. The quantitative estimate of drug-likeness (QED) is 0.307. The van der Waals surface area contributed by atoms with Crippen LogP contribution in [0.1, 0.15) is 27.7 Å². The molecule has 1 aliphatic rings. The van der Waals surface area contributed by atoms with E-state index in [0.29, 0.717) is 22.4 Å². The number of rotatable bonds is 2. The third-order valence-electron chi connectivity index (χ3n) is 2.97. The number of hydrogen-bond donors (Lipinski definition) is 0. The molecule has 2 rings (SSSR count). The highest BCUT2D eigenvalue weighted by molar-refractivity contribution is 8.03. The van der Waals surface area contributed by atoms with Crippen LogP contribution in [-0.4, -0.2) is 6.54 Å². The fourth-order valence-electron chi connectivity index (χ4n) is 2.03. The van der Waals surface area contributed by atoms with Crippen LogP contribution in [0.4, 0.5) is 32.0 Å². The summed E-state index contributed by atoms with van der Waals surface area (Å²) in [6.07, 6.45) is 1.56. The first-order valence-electron chi connectivity index (χ1n) is 7.35. The Hall–Kier alpha value is -1.83. The van der Waals surface area contributed by atoms with Gasteiger partial charge in [-0.3, -0.25) is 0 Å². The minimum atomic E-state index is -1.87. The van der Waals surface area contributed by atoms with Crippen LogP contribution in [0.2, 0.25) is 0 Å². The van der Waals surface area contributed by atoms with Crippen molar-refractivity contribution >= 4 is 17.4 Å². The van der Waals surface area contributed by atoms with E-state index in [2.05, 4.69) is 6.58 Å². The number of thioether (sulfide) groups is 1. The molecular weight excluding hydrogens is 364 g/mol. The minimum Gasteiger partial charge on any atom is -0.341 e. The first kappa shape index (κ1) is 23.2. The number of anilines is 1. The van der Waals surface area contributed by atoms with Crippen LogP contribution in [0.5, 0.6) is 0 Å². The van der Waals surface area contributed by atoms with Gasteiger partial charge in [-0.05, 0) is 19.9 Å². The normalized spacial score (nSPS) is 13.0. The lowest BCUT2D eigenvalue weighted by Gasteiger charge is -2.32. The molecule has 1 aliphatic heterocycles. The van der Waals surface area contributed by atoms with Crippen molar-refractivity contribution in [3.8, 4) is 0 Å². The number of fused-ring (bicyclic) bond motifs is 1. The zero-order valence-electron chi connectivity index (χ0n) is 14.3. The summed E-state index contributed by atoms with van der Waals surface area (Å²) in [6.45, 7) is 10.1. The van der Waals surface area contributed by atoms with Crippen LogP contribution < -0.4 is 4.90 Å². The Labute approximate surface area is 147 Å². The van der Waals surface area contributed by atoms with E-state index in [9.17, 15) is 26.3 Å². The second-order valence-corrected chi connectivity index (χ2v) is 5.23. The molecule has 0 fully saturated rings. The number of halogens is 6. The van der Waals surface area contributed by atoms with Crippen molar-refractivity contribution in [2.45, 2.75) is 32.6 Å². The van der Waals surface area contributed by atoms with Crippen molar-refractivity contribution in [2.75, 3.05) is 11.4 Å². The molecule has 0 aliphatic carbocycles. The minimum absolute atomic E-state index is 0.199. The molecule has 0 aromatic heterocycles. The predicted octanol–water partition coefficient (Wildman–Crippen LogP) is 7.02. The molecule has 0 saturated heterocycles. The molecule has 0 radical (unpaired) electrons. The van der Waals surface area contributed by atoms with E-state index in [1.807, 2.05) is 13.8 Å². The third kappa shape index (κ3) is 4.84. The smallest absolute Gasteiger partial charge is 0.199 e. The fraction of sp³-hybridized carbons (Fsp3) is 0.294. The van der Waals surface area contributed by atoms with Gasteiger partial charge in [0.05, 0.1) is 23.2 Å². The van der Waals surface area contributed by atoms with E-state index in [0.717, 1.165) is 6.08 Å². The van der Waals surface area contributed by atoms with Crippen molar-refractivity contribution in [3.05, 3.63) is 59.2 Å². The van der Waals surface area contributed by atoms with Crippen LogP contribution >= 0.6 is 11.8 Å². The maximum Gasteiger partial charge on any atom is 0.199 e. The molecule has 0 saturated carbocycles. The Morgan fingerprint density at radius 2 is 1.48 bits per heavy atom. The maximum absolute atomic E-state index is 13.9. The number of allylic oxidation sites excluding steroid dienone is 2. The summed E-state index contributed by atoms with van der Waals surface area (Å²) in [5, 5.41) is 0. The fourth-order valence-corrected chi connectivity index (χ4v) is 3.10. The highest BCUT2D eigenvalue weighted by atomic mass is 32.2. The van der Waals surface area contributed by atoms with Gasteiger partial charge in [0, 0.05) is 17.1 Å². The predicted molar refractivity (Wildman–Crippen MR) is 90.8 cm³/mol. The van der Waals surface area contributed by atoms with Crippen molar-refractivity contribution in [2.24, 2.45) is 0 Å². The Bertz CT molecular complexity index is 670. The van der Waals surface area contributed by atoms with E-state index in [-0.39, 0.29) is 29.8 Å². The van der Waals surface area contributed by atoms with Gasteiger partial charge in [-0.15, -0.1) is 0 Å². The highest BCUT2D eigenvalue weighted by Crippen LogP contribution is 2.47. The summed E-state index contributed by atoms with van der Waals surface area (Å²) in [4.78, 5) is 1.19. The standard InChI is InChI=1S/C13H10F5NS.C2H3F.C2H6/c1-3-19-6(2)7(4-5-14)20-13-11(18)9(16)8(15)10(17)12(13)19;1-2-3;1-2/h4-5H,3H2,1-2H3;2H,1H2;1-2H3/b5-4+;;. The Morgan fingerprint density at radius 1 is 1.00 bits per heavy atom. The van der Waals surface area contributed by atoms with Crippen molar-refractivity contribution in [1.82, 2.24) is 0 Å². The summed E-state index contributed by atoms with van der Waals surface area (Å²) >= 11 is 0.662. The van der Waals surface area contributed by atoms with Crippen LogP contribution in [0.15, 0.2) is 40.8 Å². The lowest BCUT2D eigenvalue weighted by Crippen LogP contribution is -2.27. The summed E-state index contributed by atoms with van der Waals surface area (Å²) in [5.41, 5.74) is 0.0746. The van der Waals surface area contributed by atoms with Crippen LogP contribution in [0, 0.1) is 23.3 Å². The lowest BCUT2D eigenvalue weighted by molar-refractivity contribution is 0.399. The van der Waals surface area contributed by atoms with Crippen LogP contribution in [0.25, 0.3) is 0 Å². The van der Waals surface area contributed by atoms with Gasteiger partial charge in [-0.2, -0.15) is 0 Å². The van der Waals surface area contributed by atoms with Crippen LogP contribution in [-0.2, 0) is 0 Å². The second kappa shape index (κ2) is 10.9. The van der Waals surface area contributed by atoms with Crippen molar-refractivity contribution < 1.29 is 26.3 Å². The van der Waals surface area contributed by atoms with E-state index in [1.54, 1.807) is 13.8 Å². The maximum atomic E-state index is 13.9. The summed E-state index contributed by atoms with van der Waals surface area (Å²) in [7, 11) is 0. The summed E-state index contributed by atoms with van der Waals surface area (Å²) in [6, 6.07) is 0. The van der Waals surface area contributed by atoms with Crippen molar-refractivity contribution in [3.63, 3.8) is 0 Å². The van der Waals surface area contributed by atoms with E-state index in [4.69, 9.17) is 0 Å². The molecule has 0 amide bonds. The van der Waals surface area contributed by atoms with Gasteiger partial charge in [-0.25, -0.2) is 26.3 Å². The molecule has 1 aromatic rings. The van der Waals surface area contributed by atoms with Gasteiger partial charge < -0.3 is 4.90 Å². The van der Waals surface area contributed by atoms with Gasteiger partial charge in [-0.1, -0.05) is 32.2 Å². The molecule has 8 heteroatoms. The largest absolute Gasteiger partial charge is 0.341 e. The number of nitrogens with zero attached hydrogens (tertiary/aromatic N) is 1. The van der Waals surface area contributed by atoms with Gasteiger partial charge in [0.2, 0.25) is 0 Å². The lowest BCUT2D eigenvalue weighted by atomic mass is 10.2. The molecule has 0 spiro atoms. The monoisotopic (exact) mass is 383 g/mol. The Kier molecular flexibility index (Phi) is 10.1. The molecule has 1 nitrogen and oxygen atoms in total. The number of hydrogen-bond acceptors (Lipinski definition) is 2. The highest BCUT2D eigenvalue weighted by Gasteiger charge is 2.33. The molecule has 0 N–H and O–H groups in total.